The summed E-state index contributed by atoms with van der Waals surface area (Å²) in [5, 5.41) is 3.38. The molecule has 2 aromatic rings. The SMILES string of the molecule is CC(=NCCNCCN=C(C)c1ccccc1)c1ccccc1. The van der Waals surface area contributed by atoms with Crippen LogP contribution in [0, 0.1) is 0 Å². The lowest BCUT2D eigenvalue weighted by Gasteiger charge is -2.04. The first-order chi connectivity index (χ1) is 11.3. The number of nitrogens with one attached hydrogen (secondary N) is 1. The standard InChI is InChI=1S/C20H25N3/c1-17(19-9-5-3-6-10-19)22-15-13-21-14-16-23-18(2)20-11-7-4-8-12-20/h3-12,21H,13-16H2,1-2H3. The lowest BCUT2D eigenvalue weighted by atomic mass is 10.1. The predicted molar refractivity (Wildman–Crippen MR) is 99.9 cm³/mol. The number of aliphatic imine (C=N–C) groups is 2. The smallest absolute Gasteiger partial charge is 0.0517 e. The van der Waals surface area contributed by atoms with Gasteiger partial charge in [-0.3, -0.25) is 9.98 Å². The number of nitrogens with zero attached hydrogens (tertiary/aromatic N) is 2. The topological polar surface area (TPSA) is 36.8 Å². The van der Waals surface area contributed by atoms with Crippen LogP contribution in [0.5, 0.6) is 0 Å². The Hall–Kier alpha value is -2.26. The molecule has 0 saturated carbocycles. The van der Waals surface area contributed by atoms with Gasteiger partial charge in [0.15, 0.2) is 0 Å². The summed E-state index contributed by atoms with van der Waals surface area (Å²) in [5.41, 5.74) is 4.56. The van der Waals surface area contributed by atoms with E-state index in [4.69, 9.17) is 0 Å². The van der Waals surface area contributed by atoms with Crippen molar-refractivity contribution in [1.29, 1.82) is 0 Å². The zero-order chi connectivity index (χ0) is 16.3. The lowest BCUT2D eigenvalue weighted by Crippen LogP contribution is -2.21. The van der Waals surface area contributed by atoms with E-state index in [0.29, 0.717) is 0 Å². The molecule has 0 unspecified atom stereocenters. The van der Waals surface area contributed by atoms with Crippen molar-refractivity contribution in [3.05, 3.63) is 71.8 Å². The molecular formula is C20H25N3. The minimum atomic E-state index is 0.794. The van der Waals surface area contributed by atoms with E-state index in [-0.39, 0.29) is 0 Å². The molecule has 1 N–H and O–H groups in total. The Bertz CT molecular complexity index is 573. The van der Waals surface area contributed by atoms with E-state index in [9.17, 15) is 0 Å². The van der Waals surface area contributed by atoms with Crippen LogP contribution in [0.1, 0.15) is 25.0 Å². The highest BCUT2D eigenvalue weighted by Crippen LogP contribution is 2.01. The molecule has 2 aromatic carbocycles. The third kappa shape index (κ3) is 6.17. The molecule has 2 rings (SSSR count). The predicted octanol–water partition coefficient (Wildman–Crippen LogP) is 3.59. The molecule has 23 heavy (non-hydrogen) atoms. The van der Waals surface area contributed by atoms with Crippen LogP contribution >= 0.6 is 0 Å². The van der Waals surface area contributed by atoms with Crippen LogP contribution < -0.4 is 5.32 Å². The van der Waals surface area contributed by atoms with Crippen molar-refractivity contribution in [2.45, 2.75) is 13.8 Å². The molecule has 0 atom stereocenters. The van der Waals surface area contributed by atoms with E-state index in [1.54, 1.807) is 0 Å². The van der Waals surface area contributed by atoms with Crippen LogP contribution in [0.2, 0.25) is 0 Å². The summed E-state index contributed by atoms with van der Waals surface area (Å²) in [6, 6.07) is 20.6. The summed E-state index contributed by atoms with van der Waals surface area (Å²) in [6.45, 7) is 7.46. The summed E-state index contributed by atoms with van der Waals surface area (Å²) in [5.74, 6) is 0. The van der Waals surface area contributed by atoms with Crippen molar-refractivity contribution in [3.8, 4) is 0 Å². The second kappa shape index (κ2) is 9.70. The molecule has 0 aliphatic carbocycles. The van der Waals surface area contributed by atoms with Gasteiger partial charge in [-0.2, -0.15) is 0 Å². The number of hydrogen-bond donors (Lipinski definition) is 1. The highest BCUT2D eigenvalue weighted by Gasteiger charge is 1.96. The summed E-state index contributed by atoms with van der Waals surface area (Å²) in [7, 11) is 0. The fraction of sp³-hybridized carbons (Fsp3) is 0.300. The van der Waals surface area contributed by atoms with Gasteiger partial charge in [0.1, 0.15) is 0 Å². The number of benzene rings is 2. The molecule has 0 aliphatic heterocycles. The van der Waals surface area contributed by atoms with Gasteiger partial charge >= 0.3 is 0 Å². The van der Waals surface area contributed by atoms with E-state index in [2.05, 4.69) is 53.4 Å². The molecule has 3 heteroatoms. The maximum Gasteiger partial charge on any atom is 0.0517 e. The average Bonchev–Trinajstić information content (AvgIpc) is 2.62. The fourth-order valence-corrected chi connectivity index (χ4v) is 2.27. The first-order valence-electron chi connectivity index (χ1n) is 8.11. The maximum atomic E-state index is 4.59. The molecule has 0 spiro atoms. The van der Waals surface area contributed by atoms with Gasteiger partial charge in [-0.25, -0.2) is 0 Å². The van der Waals surface area contributed by atoms with Crippen molar-refractivity contribution >= 4 is 11.4 Å². The van der Waals surface area contributed by atoms with Gasteiger partial charge in [0.2, 0.25) is 0 Å². The van der Waals surface area contributed by atoms with E-state index in [0.717, 1.165) is 37.6 Å². The molecule has 0 radical (unpaired) electrons. The molecule has 0 aromatic heterocycles. The molecule has 120 valence electrons. The average molecular weight is 307 g/mol. The first kappa shape index (κ1) is 17.1. The quantitative estimate of drug-likeness (QED) is 0.587. The largest absolute Gasteiger partial charge is 0.313 e. The number of rotatable bonds is 8. The Morgan fingerprint density at radius 1 is 0.696 bits per heavy atom. The Morgan fingerprint density at radius 2 is 1.09 bits per heavy atom. The van der Waals surface area contributed by atoms with Crippen molar-refractivity contribution in [3.63, 3.8) is 0 Å². The molecule has 0 heterocycles. The minimum absolute atomic E-state index is 0.794. The minimum Gasteiger partial charge on any atom is -0.313 e. The van der Waals surface area contributed by atoms with Gasteiger partial charge in [-0.1, -0.05) is 60.7 Å². The first-order valence-corrected chi connectivity index (χ1v) is 8.11. The van der Waals surface area contributed by atoms with E-state index < -0.39 is 0 Å². The molecular weight excluding hydrogens is 282 g/mol. The molecule has 0 bridgehead atoms. The lowest BCUT2D eigenvalue weighted by molar-refractivity contribution is 0.697. The van der Waals surface area contributed by atoms with Gasteiger partial charge in [0.05, 0.1) is 13.1 Å². The van der Waals surface area contributed by atoms with Crippen molar-refractivity contribution < 1.29 is 0 Å². The van der Waals surface area contributed by atoms with Gasteiger partial charge in [0.25, 0.3) is 0 Å². The number of hydrogen-bond acceptors (Lipinski definition) is 3. The summed E-state index contributed by atoms with van der Waals surface area (Å²) in [4.78, 5) is 9.19. The second-order valence-electron chi connectivity index (χ2n) is 5.42. The van der Waals surface area contributed by atoms with Gasteiger partial charge in [-0.05, 0) is 25.0 Å². The van der Waals surface area contributed by atoms with E-state index in [1.807, 2.05) is 36.4 Å². The molecule has 3 nitrogen and oxygen atoms in total. The van der Waals surface area contributed by atoms with Crippen LogP contribution in [0.3, 0.4) is 0 Å². The van der Waals surface area contributed by atoms with E-state index in [1.165, 1.54) is 11.1 Å². The third-order valence-corrected chi connectivity index (χ3v) is 3.66. The van der Waals surface area contributed by atoms with Crippen molar-refractivity contribution in [2.24, 2.45) is 9.98 Å². The molecule has 0 saturated heterocycles. The summed E-state index contributed by atoms with van der Waals surface area (Å²) in [6.07, 6.45) is 0. The Morgan fingerprint density at radius 3 is 1.48 bits per heavy atom. The van der Waals surface area contributed by atoms with Crippen LogP contribution in [0.25, 0.3) is 0 Å². The van der Waals surface area contributed by atoms with Crippen molar-refractivity contribution in [2.75, 3.05) is 26.2 Å². The maximum absolute atomic E-state index is 4.59. The van der Waals surface area contributed by atoms with Crippen molar-refractivity contribution in [1.82, 2.24) is 5.32 Å². The zero-order valence-electron chi connectivity index (χ0n) is 14.0. The van der Waals surface area contributed by atoms with Crippen LogP contribution in [-0.4, -0.2) is 37.6 Å². The zero-order valence-corrected chi connectivity index (χ0v) is 14.0. The normalized spacial score (nSPS) is 12.4. The van der Waals surface area contributed by atoms with Gasteiger partial charge in [0, 0.05) is 24.5 Å². The monoisotopic (exact) mass is 307 g/mol. The Labute approximate surface area is 139 Å². The van der Waals surface area contributed by atoms with Gasteiger partial charge in [-0.15, -0.1) is 0 Å². The molecule has 0 aliphatic rings. The van der Waals surface area contributed by atoms with Crippen LogP contribution in [0.15, 0.2) is 70.6 Å². The van der Waals surface area contributed by atoms with Crippen LogP contribution in [-0.2, 0) is 0 Å². The van der Waals surface area contributed by atoms with E-state index >= 15 is 0 Å². The summed E-state index contributed by atoms with van der Waals surface area (Å²) < 4.78 is 0. The molecule has 0 amide bonds. The highest BCUT2D eigenvalue weighted by molar-refractivity contribution is 5.99. The fourth-order valence-electron chi connectivity index (χ4n) is 2.27. The highest BCUT2D eigenvalue weighted by atomic mass is 14.9. The second-order valence-corrected chi connectivity index (χ2v) is 5.42. The summed E-state index contributed by atoms with van der Waals surface area (Å²) >= 11 is 0. The third-order valence-electron chi connectivity index (χ3n) is 3.66. The van der Waals surface area contributed by atoms with Crippen LogP contribution in [0.4, 0.5) is 0 Å². The van der Waals surface area contributed by atoms with Gasteiger partial charge < -0.3 is 5.32 Å². The Balaban J connectivity index is 1.65. The Kier molecular flexibility index (Phi) is 7.21. The molecule has 0 fully saturated rings.